The minimum atomic E-state index is -0.364. The van der Waals surface area contributed by atoms with Crippen molar-refractivity contribution in [1.29, 1.82) is 0 Å². The molecule has 32 heavy (non-hydrogen) atoms. The number of carbonyl (C=O) groups is 1. The predicted octanol–water partition coefficient (Wildman–Crippen LogP) is 5.23. The SMILES string of the molecule is CC(=O)C(C)c1ccc(O)c2[nH]cc(-c3cnc(-c4c[nH]c5cc(Br)ccc45)c(=O)[nH]3)c12. The van der Waals surface area contributed by atoms with Gasteiger partial charge in [-0.25, -0.2) is 4.98 Å². The maximum absolute atomic E-state index is 13.0. The van der Waals surface area contributed by atoms with Crippen molar-refractivity contribution in [3.05, 3.63) is 69.3 Å². The number of benzene rings is 2. The van der Waals surface area contributed by atoms with Gasteiger partial charge in [0.15, 0.2) is 0 Å². The van der Waals surface area contributed by atoms with Crippen molar-refractivity contribution in [3.8, 4) is 28.3 Å². The monoisotopic (exact) mass is 490 g/mol. The molecule has 0 amide bonds. The van der Waals surface area contributed by atoms with Gasteiger partial charge in [0.25, 0.3) is 5.56 Å². The minimum Gasteiger partial charge on any atom is -0.506 e. The summed E-state index contributed by atoms with van der Waals surface area (Å²) < 4.78 is 0.939. The number of halogens is 1. The van der Waals surface area contributed by atoms with Crippen LogP contribution in [0.4, 0.5) is 0 Å². The molecule has 0 aliphatic heterocycles. The predicted molar refractivity (Wildman–Crippen MR) is 128 cm³/mol. The van der Waals surface area contributed by atoms with Crippen molar-refractivity contribution in [2.75, 3.05) is 0 Å². The third-order valence-corrected chi connectivity index (χ3v) is 6.39. The number of rotatable bonds is 4. The van der Waals surface area contributed by atoms with Crippen LogP contribution < -0.4 is 5.56 Å². The maximum Gasteiger partial charge on any atom is 0.275 e. The van der Waals surface area contributed by atoms with Gasteiger partial charge in [-0.1, -0.05) is 35.0 Å². The fourth-order valence-electron chi connectivity index (χ4n) is 4.08. The van der Waals surface area contributed by atoms with Crippen LogP contribution in [0.15, 0.2) is 58.2 Å². The van der Waals surface area contributed by atoms with E-state index < -0.39 is 0 Å². The quantitative estimate of drug-likeness (QED) is 0.276. The van der Waals surface area contributed by atoms with Gasteiger partial charge >= 0.3 is 0 Å². The standard InChI is InChI=1S/C24H19BrN4O3/c1-11(12(2)30)14-5-6-20(31)23-21(14)17(9-27-23)19-10-28-22(24(32)29-19)16-8-26-18-7-13(25)3-4-15(16)18/h3-11,26-27,31H,1-2H3,(H,29,32). The van der Waals surface area contributed by atoms with Gasteiger partial charge in [-0.05, 0) is 30.7 Å². The zero-order valence-corrected chi connectivity index (χ0v) is 18.9. The highest BCUT2D eigenvalue weighted by atomic mass is 79.9. The fourth-order valence-corrected chi connectivity index (χ4v) is 4.44. The molecule has 0 radical (unpaired) electrons. The molecule has 0 bridgehead atoms. The molecule has 0 aliphatic carbocycles. The highest BCUT2D eigenvalue weighted by Gasteiger charge is 2.21. The Balaban J connectivity index is 1.67. The Hall–Kier alpha value is -3.65. The molecule has 0 aliphatic rings. The van der Waals surface area contributed by atoms with E-state index in [-0.39, 0.29) is 23.0 Å². The van der Waals surface area contributed by atoms with Gasteiger partial charge in [0.2, 0.25) is 0 Å². The minimum absolute atomic E-state index is 0.0112. The largest absolute Gasteiger partial charge is 0.506 e. The van der Waals surface area contributed by atoms with E-state index in [1.807, 2.05) is 25.1 Å². The number of Topliss-reactive ketones (excluding diaryl/α,β-unsaturated/α-hetero) is 1. The molecule has 7 nitrogen and oxygen atoms in total. The topological polar surface area (TPSA) is 115 Å². The molecule has 3 heterocycles. The number of nitrogens with one attached hydrogen (secondary N) is 3. The number of H-pyrrole nitrogens is 3. The van der Waals surface area contributed by atoms with Crippen LogP contribution in [-0.2, 0) is 4.79 Å². The van der Waals surface area contributed by atoms with E-state index in [1.54, 1.807) is 30.7 Å². The Morgan fingerprint density at radius 1 is 1.12 bits per heavy atom. The van der Waals surface area contributed by atoms with Crippen molar-refractivity contribution in [2.45, 2.75) is 19.8 Å². The summed E-state index contributed by atoms with van der Waals surface area (Å²) in [7, 11) is 0. The Labute approximate surface area is 190 Å². The van der Waals surface area contributed by atoms with E-state index in [9.17, 15) is 14.7 Å². The summed E-state index contributed by atoms with van der Waals surface area (Å²) in [6.45, 7) is 3.36. The number of fused-ring (bicyclic) bond motifs is 2. The molecule has 0 saturated carbocycles. The smallest absolute Gasteiger partial charge is 0.275 e. The molecule has 160 valence electrons. The lowest BCUT2D eigenvalue weighted by Crippen LogP contribution is -2.12. The van der Waals surface area contributed by atoms with Gasteiger partial charge in [-0.3, -0.25) is 9.59 Å². The lowest BCUT2D eigenvalue weighted by molar-refractivity contribution is -0.118. The number of ketones is 1. The van der Waals surface area contributed by atoms with Crippen LogP contribution in [0.5, 0.6) is 5.75 Å². The molecule has 0 spiro atoms. The van der Waals surface area contributed by atoms with Crippen LogP contribution in [0.2, 0.25) is 0 Å². The van der Waals surface area contributed by atoms with Crippen LogP contribution in [0.25, 0.3) is 44.3 Å². The first-order chi connectivity index (χ1) is 15.3. The summed E-state index contributed by atoms with van der Waals surface area (Å²) in [6.07, 6.45) is 5.07. The third kappa shape index (κ3) is 3.15. The molecule has 1 unspecified atom stereocenters. The molecule has 4 N–H and O–H groups in total. The van der Waals surface area contributed by atoms with E-state index in [2.05, 4.69) is 35.9 Å². The Kier molecular flexibility index (Phi) is 4.74. The third-order valence-electron chi connectivity index (χ3n) is 5.90. The van der Waals surface area contributed by atoms with Crippen molar-refractivity contribution in [1.82, 2.24) is 19.9 Å². The lowest BCUT2D eigenvalue weighted by Gasteiger charge is -2.12. The van der Waals surface area contributed by atoms with E-state index in [0.717, 1.165) is 20.9 Å². The second kappa shape index (κ2) is 7.49. The highest BCUT2D eigenvalue weighted by molar-refractivity contribution is 9.10. The Morgan fingerprint density at radius 2 is 1.91 bits per heavy atom. The van der Waals surface area contributed by atoms with E-state index in [1.165, 1.54) is 6.92 Å². The second-order valence-electron chi connectivity index (χ2n) is 7.83. The van der Waals surface area contributed by atoms with Gasteiger partial charge in [-0.2, -0.15) is 0 Å². The first-order valence-electron chi connectivity index (χ1n) is 10.0. The number of phenolic OH excluding ortho intramolecular Hbond substituents is 1. The van der Waals surface area contributed by atoms with E-state index in [4.69, 9.17) is 0 Å². The van der Waals surface area contributed by atoms with Gasteiger partial charge in [0, 0.05) is 50.2 Å². The van der Waals surface area contributed by atoms with Crippen molar-refractivity contribution < 1.29 is 9.90 Å². The molecule has 0 saturated heterocycles. The number of hydrogen-bond acceptors (Lipinski definition) is 4. The van der Waals surface area contributed by atoms with Crippen molar-refractivity contribution in [2.24, 2.45) is 0 Å². The molecule has 0 fully saturated rings. The van der Waals surface area contributed by atoms with Gasteiger partial charge < -0.3 is 20.1 Å². The summed E-state index contributed by atoms with van der Waals surface area (Å²) in [5, 5.41) is 11.9. The average Bonchev–Trinajstić information content (AvgIpc) is 3.38. The van der Waals surface area contributed by atoms with Crippen LogP contribution in [0, 0.1) is 0 Å². The second-order valence-corrected chi connectivity index (χ2v) is 8.74. The zero-order valence-electron chi connectivity index (χ0n) is 17.3. The number of hydrogen-bond donors (Lipinski definition) is 4. The van der Waals surface area contributed by atoms with Crippen molar-refractivity contribution >= 4 is 43.5 Å². The number of aromatic hydroxyl groups is 1. The number of aromatic nitrogens is 4. The van der Waals surface area contributed by atoms with Gasteiger partial charge in [-0.15, -0.1) is 0 Å². The zero-order chi connectivity index (χ0) is 22.6. The number of aromatic amines is 3. The van der Waals surface area contributed by atoms with Crippen LogP contribution in [0.3, 0.4) is 0 Å². The van der Waals surface area contributed by atoms with Crippen LogP contribution in [-0.4, -0.2) is 30.8 Å². The molecule has 2 aromatic carbocycles. The van der Waals surface area contributed by atoms with Crippen LogP contribution in [0.1, 0.15) is 25.3 Å². The van der Waals surface area contributed by atoms with Crippen molar-refractivity contribution in [3.63, 3.8) is 0 Å². The fraction of sp³-hybridized carbons (Fsp3) is 0.125. The highest BCUT2D eigenvalue weighted by Crippen LogP contribution is 2.38. The first-order valence-corrected chi connectivity index (χ1v) is 10.8. The molecule has 5 aromatic rings. The molecule has 8 heteroatoms. The first kappa shape index (κ1) is 20.3. The molecular weight excluding hydrogens is 472 g/mol. The molecule has 1 atom stereocenters. The van der Waals surface area contributed by atoms with Gasteiger partial charge in [0.1, 0.15) is 17.2 Å². The number of phenols is 1. The Bertz CT molecular complexity index is 1580. The maximum atomic E-state index is 13.0. The van der Waals surface area contributed by atoms with Crippen LogP contribution >= 0.6 is 15.9 Å². The molecule has 5 rings (SSSR count). The summed E-state index contributed by atoms with van der Waals surface area (Å²) in [6, 6.07) is 9.09. The molecular formula is C24H19BrN4O3. The summed E-state index contributed by atoms with van der Waals surface area (Å²) >= 11 is 3.45. The van der Waals surface area contributed by atoms with Gasteiger partial charge in [0.05, 0.1) is 17.4 Å². The summed E-state index contributed by atoms with van der Waals surface area (Å²) in [5.74, 6) is -0.281. The van der Waals surface area contributed by atoms with E-state index >= 15 is 0 Å². The van der Waals surface area contributed by atoms with E-state index in [0.29, 0.717) is 33.4 Å². The summed E-state index contributed by atoms with van der Waals surface area (Å²) in [5.41, 5.74) is 4.03. The summed E-state index contributed by atoms with van der Waals surface area (Å²) in [4.78, 5) is 38.7. The normalized spacial score (nSPS) is 12.5. The average molecular weight is 491 g/mol. The Morgan fingerprint density at radius 3 is 2.66 bits per heavy atom. The molecule has 3 aromatic heterocycles. The number of nitrogens with zero attached hydrogens (tertiary/aromatic N) is 1. The number of carbonyl (C=O) groups excluding carboxylic acids is 1. The lowest BCUT2D eigenvalue weighted by atomic mass is 9.92.